The van der Waals surface area contributed by atoms with Crippen molar-refractivity contribution in [2.45, 2.75) is 39.8 Å². The van der Waals surface area contributed by atoms with Crippen LogP contribution in [-0.4, -0.2) is 31.0 Å². The van der Waals surface area contributed by atoms with E-state index in [1.807, 2.05) is 32.9 Å². The molecule has 0 fully saturated rings. The van der Waals surface area contributed by atoms with Crippen molar-refractivity contribution in [1.82, 2.24) is 19.7 Å². The summed E-state index contributed by atoms with van der Waals surface area (Å²) in [6, 6.07) is 7.24. The van der Waals surface area contributed by atoms with Gasteiger partial charge in [-0.25, -0.2) is 13.5 Å². The van der Waals surface area contributed by atoms with Crippen LogP contribution < -0.4 is 5.32 Å². The van der Waals surface area contributed by atoms with Gasteiger partial charge in [0, 0.05) is 28.7 Å². The summed E-state index contributed by atoms with van der Waals surface area (Å²) in [7, 11) is 0. The van der Waals surface area contributed by atoms with Gasteiger partial charge in [-0.2, -0.15) is 4.98 Å². The number of pyridine rings is 1. The van der Waals surface area contributed by atoms with Crippen LogP contribution in [0.1, 0.15) is 24.7 Å². The summed E-state index contributed by atoms with van der Waals surface area (Å²) < 4.78 is 28.2. The lowest BCUT2D eigenvalue weighted by Crippen LogP contribution is -2.17. The minimum absolute atomic E-state index is 0.228. The Labute approximate surface area is 155 Å². The Balaban J connectivity index is 1.99. The second-order valence-corrected chi connectivity index (χ2v) is 6.40. The molecule has 0 amide bonds. The van der Waals surface area contributed by atoms with E-state index in [0.717, 1.165) is 29.1 Å². The predicted molar refractivity (Wildman–Crippen MR) is 98.7 cm³/mol. The molecule has 3 aromatic rings. The monoisotopic (exact) mass is 373 g/mol. The summed E-state index contributed by atoms with van der Waals surface area (Å²) in [5.74, 6) is -1.09. The molecule has 3 rings (SSSR count). The number of nitrogens with zero attached hydrogens (tertiary/aromatic N) is 4. The van der Waals surface area contributed by atoms with Crippen LogP contribution in [0.25, 0.3) is 11.4 Å². The molecular weight excluding hydrogens is 352 g/mol. The van der Waals surface area contributed by atoms with Crippen LogP contribution in [0, 0.1) is 25.5 Å². The Hall–Kier alpha value is -2.87. The van der Waals surface area contributed by atoms with E-state index in [-0.39, 0.29) is 12.5 Å². The summed E-state index contributed by atoms with van der Waals surface area (Å²) >= 11 is 0. The number of halogens is 2. The molecule has 2 aromatic heterocycles. The molecule has 1 atom stereocenters. The van der Waals surface area contributed by atoms with Gasteiger partial charge < -0.3 is 10.4 Å². The van der Waals surface area contributed by atoms with E-state index in [0.29, 0.717) is 17.9 Å². The Morgan fingerprint density at radius 1 is 1.07 bits per heavy atom. The molecule has 1 aromatic carbocycles. The molecule has 1 unspecified atom stereocenters. The number of nitrogens with one attached hydrogen (secondary N) is 1. The molecule has 0 aliphatic carbocycles. The average Bonchev–Trinajstić information content (AvgIpc) is 2.99. The second-order valence-electron chi connectivity index (χ2n) is 6.40. The van der Waals surface area contributed by atoms with Gasteiger partial charge in [-0.15, -0.1) is 5.10 Å². The number of aliphatic hydroxyl groups excluding tert-OH is 1. The van der Waals surface area contributed by atoms with Gasteiger partial charge in [-0.05, 0) is 44.5 Å². The minimum atomic E-state index is -0.957. The number of aromatic nitrogens is 4. The largest absolute Gasteiger partial charge is 0.391 e. The Morgan fingerprint density at radius 3 is 2.41 bits per heavy atom. The lowest BCUT2D eigenvalue weighted by molar-refractivity contribution is 0.146. The normalized spacial score (nSPS) is 12.2. The van der Waals surface area contributed by atoms with Crippen molar-refractivity contribution in [2.24, 2.45) is 0 Å². The fourth-order valence-electron chi connectivity index (χ4n) is 2.73. The molecule has 142 valence electrons. The maximum absolute atomic E-state index is 13.4. The van der Waals surface area contributed by atoms with Crippen LogP contribution in [0.4, 0.5) is 20.4 Å². The fraction of sp³-hybridized carbons (Fsp3) is 0.316. The van der Waals surface area contributed by atoms with Crippen LogP contribution in [0.2, 0.25) is 0 Å². The molecule has 0 aliphatic rings. The van der Waals surface area contributed by atoms with Crippen molar-refractivity contribution in [3.8, 4) is 11.4 Å². The van der Waals surface area contributed by atoms with Gasteiger partial charge in [0.05, 0.1) is 12.6 Å². The smallest absolute Gasteiger partial charge is 0.247 e. The second kappa shape index (κ2) is 7.79. The first-order chi connectivity index (χ1) is 12.9. The number of aryl methyl sites for hydroxylation is 2. The van der Waals surface area contributed by atoms with Gasteiger partial charge in [-0.3, -0.25) is 4.98 Å². The molecular formula is C19H21F2N5O. The van der Waals surface area contributed by atoms with Crippen molar-refractivity contribution in [3.05, 3.63) is 53.4 Å². The Bertz CT molecular complexity index is 937. The highest BCUT2D eigenvalue weighted by molar-refractivity contribution is 5.60. The van der Waals surface area contributed by atoms with E-state index in [4.69, 9.17) is 0 Å². The Kier molecular flexibility index (Phi) is 5.46. The Morgan fingerprint density at radius 2 is 1.78 bits per heavy atom. The number of hydrogen-bond donors (Lipinski definition) is 2. The number of rotatable bonds is 6. The highest BCUT2D eigenvalue weighted by Gasteiger charge is 2.16. The standard InChI is InChI=1S/C19H21F2N5O/c1-4-15(27)10-26-18(13-7-11(2)22-12(3)8-13)24-19(25-26)23-14-5-6-16(20)17(21)9-14/h5-9,15,27H,4,10H2,1-3H3,(H,23,25). The average molecular weight is 373 g/mol. The molecule has 0 saturated heterocycles. The zero-order chi connectivity index (χ0) is 19.6. The van der Waals surface area contributed by atoms with Crippen molar-refractivity contribution in [1.29, 1.82) is 0 Å². The van der Waals surface area contributed by atoms with E-state index in [2.05, 4.69) is 20.4 Å². The van der Waals surface area contributed by atoms with Crippen LogP contribution in [0.15, 0.2) is 30.3 Å². The number of hydrogen-bond acceptors (Lipinski definition) is 5. The topological polar surface area (TPSA) is 75.9 Å². The van der Waals surface area contributed by atoms with E-state index in [9.17, 15) is 13.9 Å². The zero-order valence-electron chi connectivity index (χ0n) is 15.4. The number of benzene rings is 1. The van der Waals surface area contributed by atoms with Crippen LogP contribution in [0.5, 0.6) is 0 Å². The van der Waals surface area contributed by atoms with E-state index in [1.54, 1.807) is 4.68 Å². The molecule has 2 N–H and O–H groups in total. The quantitative estimate of drug-likeness (QED) is 0.688. The molecule has 27 heavy (non-hydrogen) atoms. The third-order valence-electron chi connectivity index (χ3n) is 4.04. The molecule has 0 saturated carbocycles. The van der Waals surface area contributed by atoms with Gasteiger partial charge >= 0.3 is 0 Å². The van der Waals surface area contributed by atoms with Crippen molar-refractivity contribution in [2.75, 3.05) is 5.32 Å². The molecule has 0 aliphatic heterocycles. The first kappa shape index (κ1) is 18.9. The summed E-state index contributed by atoms with van der Waals surface area (Å²) in [5, 5.41) is 17.3. The van der Waals surface area contributed by atoms with Crippen molar-refractivity contribution < 1.29 is 13.9 Å². The van der Waals surface area contributed by atoms with Crippen LogP contribution >= 0.6 is 0 Å². The molecule has 0 bridgehead atoms. The van der Waals surface area contributed by atoms with E-state index >= 15 is 0 Å². The number of aliphatic hydroxyl groups is 1. The van der Waals surface area contributed by atoms with Crippen molar-refractivity contribution in [3.63, 3.8) is 0 Å². The zero-order valence-corrected chi connectivity index (χ0v) is 15.4. The van der Waals surface area contributed by atoms with Crippen molar-refractivity contribution >= 4 is 11.6 Å². The van der Waals surface area contributed by atoms with Gasteiger partial charge in [-0.1, -0.05) is 6.92 Å². The summed E-state index contributed by atoms with van der Waals surface area (Å²) in [6.45, 7) is 5.91. The minimum Gasteiger partial charge on any atom is -0.391 e. The SMILES string of the molecule is CCC(O)Cn1nc(Nc2ccc(F)c(F)c2)nc1-c1cc(C)nc(C)c1. The molecule has 6 nitrogen and oxygen atoms in total. The van der Waals surface area contributed by atoms with Gasteiger partial charge in [0.25, 0.3) is 0 Å². The third kappa shape index (κ3) is 4.46. The van der Waals surface area contributed by atoms with Gasteiger partial charge in [0.1, 0.15) is 0 Å². The summed E-state index contributed by atoms with van der Waals surface area (Å²) in [4.78, 5) is 8.84. The van der Waals surface area contributed by atoms with Gasteiger partial charge in [0.15, 0.2) is 17.5 Å². The fourth-order valence-corrected chi connectivity index (χ4v) is 2.73. The molecule has 0 radical (unpaired) electrons. The van der Waals surface area contributed by atoms with Crippen LogP contribution in [-0.2, 0) is 6.54 Å². The summed E-state index contributed by atoms with van der Waals surface area (Å²) in [6.07, 6.45) is -0.00907. The van der Waals surface area contributed by atoms with E-state index < -0.39 is 17.7 Å². The maximum Gasteiger partial charge on any atom is 0.247 e. The first-order valence-electron chi connectivity index (χ1n) is 8.66. The lowest BCUT2D eigenvalue weighted by atomic mass is 10.2. The highest BCUT2D eigenvalue weighted by Crippen LogP contribution is 2.23. The predicted octanol–water partition coefficient (Wildman–Crippen LogP) is 3.75. The maximum atomic E-state index is 13.4. The molecule has 8 heteroatoms. The van der Waals surface area contributed by atoms with Crippen LogP contribution in [0.3, 0.4) is 0 Å². The molecule has 2 heterocycles. The number of anilines is 2. The third-order valence-corrected chi connectivity index (χ3v) is 4.04. The highest BCUT2D eigenvalue weighted by atomic mass is 19.2. The molecule has 0 spiro atoms. The summed E-state index contributed by atoms with van der Waals surface area (Å²) in [5.41, 5.74) is 2.82. The lowest BCUT2D eigenvalue weighted by Gasteiger charge is -2.10. The van der Waals surface area contributed by atoms with E-state index in [1.165, 1.54) is 6.07 Å². The van der Waals surface area contributed by atoms with Gasteiger partial charge in [0.2, 0.25) is 5.95 Å². The first-order valence-corrected chi connectivity index (χ1v) is 8.66.